The van der Waals surface area contributed by atoms with E-state index in [0.29, 0.717) is 5.41 Å². The molecule has 3 nitrogen and oxygen atoms in total. The molecule has 1 spiro atoms. The third kappa shape index (κ3) is 3.93. The van der Waals surface area contributed by atoms with Gasteiger partial charge in [0.25, 0.3) is 0 Å². The van der Waals surface area contributed by atoms with Gasteiger partial charge in [0, 0.05) is 13.1 Å². The van der Waals surface area contributed by atoms with E-state index in [-0.39, 0.29) is 5.75 Å². The van der Waals surface area contributed by atoms with E-state index >= 15 is 0 Å². The molecule has 0 saturated carbocycles. The normalized spacial score (nSPS) is 22.1. The highest BCUT2D eigenvalue weighted by Gasteiger charge is 2.38. The summed E-state index contributed by atoms with van der Waals surface area (Å²) in [6.45, 7) is 5.15. The van der Waals surface area contributed by atoms with Gasteiger partial charge in [-0.15, -0.1) is 13.2 Å². The van der Waals surface area contributed by atoms with E-state index in [1.165, 1.54) is 31.4 Å². The summed E-state index contributed by atoms with van der Waals surface area (Å²) in [6.07, 6.45) is -0.953. The van der Waals surface area contributed by atoms with Crippen LogP contribution in [0.1, 0.15) is 24.8 Å². The Bertz CT molecular complexity index is 495. The quantitative estimate of drug-likeness (QED) is 0.927. The van der Waals surface area contributed by atoms with E-state index in [9.17, 15) is 13.2 Å². The lowest BCUT2D eigenvalue weighted by Crippen LogP contribution is -2.38. The highest BCUT2D eigenvalue weighted by molar-refractivity contribution is 5.27. The molecule has 22 heavy (non-hydrogen) atoms. The van der Waals surface area contributed by atoms with Crippen molar-refractivity contribution in [3.63, 3.8) is 0 Å². The summed E-state index contributed by atoms with van der Waals surface area (Å²) < 4.78 is 40.3. The number of piperidine rings is 1. The van der Waals surface area contributed by atoms with E-state index in [1.807, 2.05) is 0 Å². The van der Waals surface area contributed by atoms with Gasteiger partial charge < -0.3 is 10.1 Å². The fraction of sp³-hybridized carbons (Fsp3) is 0.625. The zero-order valence-corrected chi connectivity index (χ0v) is 12.5. The number of nitrogens with zero attached hydrogens (tertiary/aromatic N) is 1. The second-order valence-electron chi connectivity index (χ2n) is 6.40. The molecular weight excluding hydrogens is 293 g/mol. The highest BCUT2D eigenvalue weighted by Crippen LogP contribution is 2.39. The summed E-state index contributed by atoms with van der Waals surface area (Å²) in [5.41, 5.74) is 1.48. The van der Waals surface area contributed by atoms with Crippen molar-refractivity contribution >= 4 is 0 Å². The van der Waals surface area contributed by atoms with Crippen LogP contribution in [0.2, 0.25) is 0 Å². The Morgan fingerprint density at radius 1 is 1.09 bits per heavy atom. The summed E-state index contributed by atoms with van der Waals surface area (Å²) >= 11 is 0. The molecule has 0 atom stereocenters. The molecule has 0 aliphatic carbocycles. The molecule has 2 heterocycles. The Kier molecular flexibility index (Phi) is 4.32. The molecule has 0 aromatic heterocycles. The average Bonchev–Trinajstić information content (AvgIpc) is 2.83. The second kappa shape index (κ2) is 6.08. The number of likely N-dealkylation sites (tertiary alicyclic amines) is 1. The van der Waals surface area contributed by atoms with Crippen LogP contribution in [0, 0.1) is 5.41 Å². The maximum absolute atomic E-state index is 12.1. The van der Waals surface area contributed by atoms with E-state index in [2.05, 4.69) is 15.0 Å². The first-order valence-electron chi connectivity index (χ1n) is 7.72. The lowest BCUT2D eigenvalue weighted by atomic mass is 9.78. The molecule has 6 heteroatoms. The molecule has 1 aromatic rings. The Labute approximate surface area is 128 Å². The van der Waals surface area contributed by atoms with Crippen molar-refractivity contribution in [2.75, 3.05) is 26.2 Å². The van der Waals surface area contributed by atoms with Gasteiger partial charge in [-0.1, -0.05) is 12.1 Å². The van der Waals surface area contributed by atoms with E-state index in [4.69, 9.17) is 0 Å². The molecule has 0 unspecified atom stereocenters. The van der Waals surface area contributed by atoms with Crippen LogP contribution in [-0.4, -0.2) is 37.4 Å². The summed E-state index contributed by atoms with van der Waals surface area (Å²) in [7, 11) is 0. The largest absolute Gasteiger partial charge is 0.573 e. The first-order valence-corrected chi connectivity index (χ1v) is 7.72. The topological polar surface area (TPSA) is 24.5 Å². The van der Waals surface area contributed by atoms with Crippen LogP contribution in [-0.2, 0) is 6.54 Å². The maximum Gasteiger partial charge on any atom is 0.573 e. The van der Waals surface area contributed by atoms with Gasteiger partial charge in [0.1, 0.15) is 5.75 Å². The minimum atomic E-state index is -4.63. The monoisotopic (exact) mass is 314 g/mol. The summed E-state index contributed by atoms with van der Waals surface area (Å²) in [5, 5.41) is 3.40. The number of rotatable bonds is 3. The van der Waals surface area contributed by atoms with Gasteiger partial charge in [0.15, 0.2) is 0 Å². The van der Waals surface area contributed by atoms with Gasteiger partial charge in [-0.3, -0.25) is 4.90 Å². The Morgan fingerprint density at radius 2 is 1.77 bits per heavy atom. The fourth-order valence-electron chi connectivity index (χ4n) is 3.58. The Morgan fingerprint density at radius 3 is 2.41 bits per heavy atom. The van der Waals surface area contributed by atoms with Gasteiger partial charge >= 0.3 is 6.36 Å². The van der Waals surface area contributed by atoms with Crippen molar-refractivity contribution in [3.05, 3.63) is 29.8 Å². The molecule has 0 radical (unpaired) electrons. The summed E-state index contributed by atoms with van der Waals surface area (Å²) in [5.74, 6) is -0.160. The molecule has 2 saturated heterocycles. The minimum absolute atomic E-state index is 0.160. The molecule has 3 rings (SSSR count). The van der Waals surface area contributed by atoms with Crippen LogP contribution in [0.15, 0.2) is 24.3 Å². The summed E-state index contributed by atoms with van der Waals surface area (Å²) in [6, 6.07) is 6.21. The first-order chi connectivity index (χ1) is 10.4. The van der Waals surface area contributed by atoms with Crippen molar-refractivity contribution in [1.29, 1.82) is 0 Å². The van der Waals surface area contributed by atoms with Crippen LogP contribution >= 0.6 is 0 Å². The molecule has 0 amide bonds. The van der Waals surface area contributed by atoms with Gasteiger partial charge in [-0.25, -0.2) is 0 Å². The number of benzene rings is 1. The van der Waals surface area contributed by atoms with Crippen molar-refractivity contribution in [2.24, 2.45) is 5.41 Å². The van der Waals surface area contributed by atoms with E-state index in [1.54, 1.807) is 12.1 Å². The predicted octanol–water partition coefficient (Wildman–Crippen LogP) is 3.16. The van der Waals surface area contributed by atoms with E-state index < -0.39 is 6.36 Å². The van der Waals surface area contributed by atoms with Gasteiger partial charge in [-0.05, 0) is 62.0 Å². The number of hydrogen-bond donors (Lipinski definition) is 1. The highest BCUT2D eigenvalue weighted by atomic mass is 19.4. The third-order valence-electron chi connectivity index (χ3n) is 4.74. The van der Waals surface area contributed by atoms with Crippen molar-refractivity contribution in [2.45, 2.75) is 32.2 Å². The van der Waals surface area contributed by atoms with Gasteiger partial charge in [0.05, 0.1) is 0 Å². The molecule has 1 N–H and O–H groups in total. The number of alkyl halides is 3. The van der Waals surface area contributed by atoms with Crippen molar-refractivity contribution in [3.8, 4) is 5.75 Å². The van der Waals surface area contributed by atoms with Crippen molar-refractivity contribution in [1.82, 2.24) is 10.2 Å². The van der Waals surface area contributed by atoms with Crippen LogP contribution < -0.4 is 10.1 Å². The standard InChI is InChI=1S/C16H21F3N2O/c17-16(18,19)22-14-3-1-13(2-4-14)11-21-10-7-15(12-21)5-8-20-9-6-15/h1-4,20H,5-12H2. The second-order valence-corrected chi connectivity index (χ2v) is 6.40. The molecule has 2 aliphatic rings. The molecule has 2 aliphatic heterocycles. The fourth-order valence-corrected chi connectivity index (χ4v) is 3.58. The maximum atomic E-state index is 12.1. The predicted molar refractivity (Wildman–Crippen MR) is 77.6 cm³/mol. The molecule has 1 aromatic carbocycles. The number of ether oxygens (including phenoxy) is 1. The lowest BCUT2D eigenvalue weighted by Gasteiger charge is -2.33. The van der Waals surface area contributed by atoms with Crippen LogP contribution in [0.5, 0.6) is 5.75 Å². The molecule has 122 valence electrons. The first kappa shape index (κ1) is 15.6. The zero-order chi connectivity index (χ0) is 15.6. The van der Waals surface area contributed by atoms with Crippen molar-refractivity contribution < 1.29 is 17.9 Å². The molecule has 0 bridgehead atoms. The lowest BCUT2D eigenvalue weighted by molar-refractivity contribution is -0.274. The smallest absolute Gasteiger partial charge is 0.406 e. The molecular formula is C16H21F3N2O. The Balaban J connectivity index is 1.55. The zero-order valence-electron chi connectivity index (χ0n) is 12.5. The van der Waals surface area contributed by atoms with Crippen LogP contribution in [0.25, 0.3) is 0 Å². The van der Waals surface area contributed by atoms with Gasteiger partial charge in [-0.2, -0.15) is 0 Å². The third-order valence-corrected chi connectivity index (χ3v) is 4.74. The van der Waals surface area contributed by atoms with Gasteiger partial charge in [0.2, 0.25) is 0 Å². The average molecular weight is 314 g/mol. The number of halogens is 3. The number of hydrogen-bond acceptors (Lipinski definition) is 3. The SMILES string of the molecule is FC(F)(F)Oc1ccc(CN2CCC3(CCNCC3)C2)cc1. The Hall–Kier alpha value is -1.27. The van der Waals surface area contributed by atoms with E-state index in [0.717, 1.165) is 38.3 Å². The summed E-state index contributed by atoms with van der Waals surface area (Å²) in [4.78, 5) is 2.41. The molecule has 2 fully saturated rings. The van der Waals surface area contributed by atoms with Crippen LogP contribution in [0.3, 0.4) is 0 Å². The number of nitrogens with one attached hydrogen (secondary N) is 1. The van der Waals surface area contributed by atoms with Crippen LogP contribution in [0.4, 0.5) is 13.2 Å². The minimum Gasteiger partial charge on any atom is -0.406 e.